The van der Waals surface area contributed by atoms with E-state index < -0.39 is 0 Å². The summed E-state index contributed by atoms with van der Waals surface area (Å²) in [6.45, 7) is 2.75. The van der Waals surface area contributed by atoms with Crippen molar-refractivity contribution in [2.75, 3.05) is 7.11 Å². The summed E-state index contributed by atoms with van der Waals surface area (Å²) in [4.78, 5) is 11.8. The number of carbonyl (C=O) groups is 1. The third-order valence-corrected chi connectivity index (χ3v) is 2.77. The van der Waals surface area contributed by atoms with Crippen LogP contribution < -0.4 is 0 Å². The predicted molar refractivity (Wildman–Crippen MR) is 66.9 cm³/mol. The largest absolute Gasteiger partial charge is 0.464 e. The van der Waals surface area contributed by atoms with Gasteiger partial charge in [0.05, 0.1) is 7.11 Å². The summed E-state index contributed by atoms with van der Waals surface area (Å²) in [5.74, 6) is -0.296. The van der Waals surface area contributed by atoms with Crippen molar-refractivity contribution in [3.05, 3.63) is 48.3 Å². The molecule has 0 bridgehead atoms. The van der Waals surface area contributed by atoms with Crippen molar-refractivity contribution < 1.29 is 9.53 Å². The number of esters is 1. The number of aromatic nitrogens is 1. The van der Waals surface area contributed by atoms with Gasteiger partial charge in [-0.05, 0) is 18.6 Å². The summed E-state index contributed by atoms with van der Waals surface area (Å²) >= 11 is 0. The zero-order valence-corrected chi connectivity index (χ0v) is 10.0. The van der Waals surface area contributed by atoms with Gasteiger partial charge in [0, 0.05) is 18.3 Å². The summed E-state index contributed by atoms with van der Waals surface area (Å²) in [7, 11) is 1.41. The highest BCUT2D eigenvalue weighted by atomic mass is 16.5. The number of ether oxygens (including phenoxy) is 1. The van der Waals surface area contributed by atoms with Gasteiger partial charge in [-0.25, -0.2) is 4.79 Å². The number of methoxy groups -OCH3 is 1. The molecule has 2 rings (SSSR count). The van der Waals surface area contributed by atoms with Crippen LogP contribution in [0.15, 0.2) is 42.6 Å². The van der Waals surface area contributed by atoms with Gasteiger partial charge < -0.3 is 9.30 Å². The monoisotopic (exact) mass is 229 g/mol. The third-order valence-electron chi connectivity index (χ3n) is 2.77. The van der Waals surface area contributed by atoms with Crippen LogP contribution in [0.2, 0.25) is 0 Å². The average Bonchev–Trinajstić information content (AvgIpc) is 2.82. The molecule has 0 spiro atoms. The Hall–Kier alpha value is -2.03. The second kappa shape index (κ2) is 4.87. The maximum Gasteiger partial charge on any atom is 0.355 e. The van der Waals surface area contributed by atoms with E-state index in [0.717, 1.165) is 17.7 Å². The minimum atomic E-state index is -0.296. The molecule has 1 aromatic heterocycles. The van der Waals surface area contributed by atoms with Gasteiger partial charge in [0.1, 0.15) is 5.69 Å². The molecule has 1 heterocycles. The molecule has 88 valence electrons. The third kappa shape index (κ3) is 2.09. The molecular weight excluding hydrogens is 214 g/mol. The van der Waals surface area contributed by atoms with E-state index in [0.29, 0.717) is 5.69 Å². The first kappa shape index (κ1) is 11.5. The fraction of sp³-hybridized carbons (Fsp3) is 0.214. The first-order chi connectivity index (χ1) is 8.27. The van der Waals surface area contributed by atoms with Crippen LogP contribution in [0, 0.1) is 0 Å². The molecular formula is C14H15NO2. The van der Waals surface area contributed by atoms with Crippen LogP contribution in [0.4, 0.5) is 0 Å². The van der Waals surface area contributed by atoms with E-state index in [4.69, 9.17) is 4.74 Å². The van der Waals surface area contributed by atoms with Crippen LogP contribution in [0.25, 0.3) is 11.1 Å². The Morgan fingerprint density at radius 1 is 1.24 bits per heavy atom. The van der Waals surface area contributed by atoms with Gasteiger partial charge in [0.2, 0.25) is 0 Å². The Balaban J connectivity index is 2.55. The van der Waals surface area contributed by atoms with E-state index >= 15 is 0 Å². The molecule has 1 aromatic carbocycles. The topological polar surface area (TPSA) is 31.2 Å². The SMILES string of the molecule is CCn1ccc(-c2ccccc2)c1C(=O)OC. The lowest BCUT2D eigenvalue weighted by atomic mass is 10.1. The maximum atomic E-state index is 11.8. The van der Waals surface area contributed by atoms with Gasteiger partial charge in [-0.2, -0.15) is 0 Å². The van der Waals surface area contributed by atoms with E-state index in [1.807, 2.05) is 54.1 Å². The highest BCUT2D eigenvalue weighted by Gasteiger charge is 2.17. The van der Waals surface area contributed by atoms with E-state index in [9.17, 15) is 4.79 Å². The molecule has 0 saturated heterocycles. The highest BCUT2D eigenvalue weighted by Crippen LogP contribution is 2.25. The molecule has 0 aliphatic carbocycles. The number of rotatable bonds is 3. The van der Waals surface area contributed by atoms with Gasteiger partial charge >= 0.3 is 5.97 Å². The molecule has 0 atom stereocenters. The van der Waals surface area contributed by atoms with Crippen LogP contribution in [0.3, 0.4) is 0 Å². The van der Waals surface area contributed by atoms with Crippen molar-refractivity contribution in [1.29, 1.82) is 0 Å². The minimum absolute atomic E-state index is 0.296. The van der Waals surface area contributed by atoms with Gasteiger partial charge in [0.15, 0.2) is 0 Å². The number of benzene rings is 1. The van der Waals surface area contributed by atoms with Crippen LogP contribution in [0.1, 0.15) is 17.4 Å². The Labute approximate surface area is 101 Å². The van der Waals surface area contributed by atoms with Gasteiger partial charge in [-0.3, -0.25) is 0 Å². The van der Waals surface area contributed by atoms with Crippen molar-refractivity contribution in [1.82, 2.24) is 4.57 Å². The number of hydrogen-bond acceptors (Lipinski definition) is 2. The van der Waals surface area contributed by atoms with Gasteiger partial charge in [-0.1, -0.05) is 30.3 Å². The molecule has 2 aromatic rings. The molecule has 0 aliphatic heterocycles. The summed E-state index contributed by atoms with van der Waals surface area (Å²) in [5, 5.41) is 0. The number of aryl methyl sites for hydroxylation is 1. The fourth-order valence-electron chi connectivity index (χ4n) is 1.91. The molecule has 0 fully saturated rings. The summed E-state index contributed by atoms with van der Waals surface area (Å²) in [6, 6.07) is 11.8. The van der Waals surface area contributed by atoms with Crippen LogP contribution in [0.5, 0.6) is 0 Å². The van der Waals surface area contributed by atoms with Crippen molar-refractivity contribution in [2.24, 2.45) is 0 Å². The molecule has 0 amide bonds. The normalized spacial score (nSPS) is 10.2. The zero-order valence-electron chi connectivity index (χ0n) is 10.0. The van der Waals surface area contributed by atoms with Gasteiger partial charge in [-0.15, -0.1) is 0 Å². The van der Waals surface area contributed by atoms with Crippen LogP contribution in [-0.4, -0.2) is 17.6 Å². The Morgan fingerprint density at radius 2 is 1.94 bits per heavy atom. The zero-order chi connectivity index (χ0) is 12.3. The molecule has 17 heavy (non-hydrogen) atoms. The molecule has 0 saturated carbocycles. The van der Waals surface area contributed by atoms with Crippen molar-refractivity contribution in [2.45, 2.75) is 13.5 Å². The lowest BCUT2D eigenvalue weighted by Gasteiger charge is -2.07. The fourth-order valence-corrected chi connectivity index (χ4v) is 1.91. The van der Waals surface area contributed by atoms with E-state index in [-0.39, 0.29) is 5.97 Å². The van der Waals surface area contributed by atoms with Crippen LogP contribution in [-0.2, 0) is 11.3 Å². The molecule has 3 nitrogen and oxygen atoms in total. The minimum Gasteiger partial charge on any atom is -0.464 e. The summed E-state index contributed by atoms with van der Waals surface area (Å²) in [5.41, 5.74) is 2.56. The molecule has 0 radical (unpaired) electrons. The molecule has 0 unspecified atom stereocenters. The lowest BCUT2D eigenvalue weighted by molar-refractivity contribution is 0.0589. The van der Waals surface area contributed by atoms with E-state index in [2.05, 4.69) is 0 Å². The van der Waals surface area contributed by atoms with Crippen molar-refractivity contribution >= 4 is 5.97 Å². The Kier molecular flexibility index (Phi) is 3.28. The van der Waals surface area contributed by atoms with E-state index in [1.165, 1.54) is 7.11 Å². The molecule has 0 N–H and O–H groups in total. The summed E-state index contributed by atoms with van der Waals surface area (Å²) in [6.07, 6.45) is 1.91. The Bertz CT molecular complexity index is 514. The summed E-state index contributed by atoms with van der Waals surface area (Å²) < 4.78 is 6.74. The van der Waals surface area contributed by atoms with Gasteiger partial charge in [0.25, 0.3) is 0 Å². The van der Waals surface area contributed by atoms with Crippen molar-refractivity contribution in [3.8, 4) is 11.1 Å². The lowest BCUT2D eigenvalue weighted by Crippen LogP contribution is -2.10. The van der Waals surface area contributed by atoms with Crippen molar-refractivity contribution in [3.63, 3.8) is 0 Å². The Morgan fingerprint density at radius 3 is 2.53 bits per heavy atom. The van der Waals surface area contributed by atoms with E-state index in [1.54, 1.807) is 0 Å². The smallest absolute Gasteiger partial charge is 0.355 e. The standard InChI is InChI=1S/C14H15NO2/c1-3-15-10-9-12(13(15)14(16)17-2)11-7-5-4-6-8-11/h4-10H,3H2,1-2H3. The second-order valence-corrected chi connectivity index (χ2v) is 3.72. The quantitative estimate of drug-likeness (QED) is 0.758. The maximum absolute atomic E-state index is 11.8. The number of carbonyl (C=O) groups excluding carboxylic acids is 1. The molecule has 3 heteroatoms. The highest BCUT2D eigenvalue weighted by molar-refractivity contribution is 5.95. The second-order valence-electron chi connectivity index (χ2n) is 3.72. The average molecular weight is 229 g/mol. The predicted octanol–water partition coefficient (Wildman–Crippen LogP) is 2.96. The molecule has 0 aliphatic rings. The number of hydrogen-bond donors (Lipinski definition) is 0. The first-order valence-electron chi connectivity index (χ1n) is 5.60. The van der Waals surface area contributed by atoms with Crippen LogP contribution >= 0.6 is 0 Å². The first-order valence-corrected chi connectivity index (χ1v) is 5.60. The number of nitrogens with zero attached hydrogens (tertiary/aromatic N) is 1.